The molecule has 0 heterocycles. The highest BCUT2D eigenvalue weighted by Crippen LogP contribution is 2.13. The first-order chi connectivity index (χ1) is 20.0. The van der Waals surface area contributed by atoms with Crippen molar-refractivity contribution < 1.29 is 34.2 Å². The van der Waals surface area contributed by atoms with Crippen LogP contribution in [0.3, 0.4) is 0 Å². The number of carboxylic acids is 1. The first-order valence-electron chi connectivity index (χ1n) is 14.2. The predicted molar refractivity (Wildman–Crippen MR) is 157 cm³/mol. The molecule has 0 aromatic heterocycles. The average molecular weight is 583 g/mol. The van der Waals surface area contributed by atoms with Crippen LogP contribution in [0, 0.1) is 5.92 Å². The van der Waals surface area contributed by atoms with Gasteiger partial charge >= 0.3 is 5.97 Å². The molecule has 2 aromatic rings. The van der Waals surface area contributed by atoms with Crippen LogP contribution in [0.5, 0.6) is 5.75 Å². The second kappa shape index (κ2) is 17.4. The Bertz CT molecular complexity index is 1170. The Morgan fingerprint density at radius 1 is 0.762 bits per heavy atom. The quantitative estimate of drug-likeness (QED) is 0.146. The summed E-state index contributed by atoms with van der Waals surface area (Å²) < 4.78 is 0. The second-order valence-corrected chi connectivity index (χ2v) is 10.7. The molecule has 0 aliphatic heterocycles. The van der Waals surface area contributed by atoms with Gasteiger partial charge < -0.3 is 31.5 Å². The molecule has 2 rings (SSSR count). The monoisotopic (exact) mass is 582 g/mol. The smallest absolute Gasteiger partial charge is 0.326 e. The van der Waals surface area contributed by atoms with Gasteiger partial charge in [0.05, 0.1) is 0 Å². The van der Waals surface area contributed by atoms with E-state index in [1.54, 1.807) is 36.4 Å². The Morgan fingerprint density at radius 3 is 1.86 bits per heavy atom. The SMILES string of the molecule is CCCCC(NC=O)C(=O)NC(CC(C)C)C(=O)NC(Cc1ccccc1)C(=O)NC(Cc1ccc(O)cc1)C(=O)O. The number of phenolic OH excluding ortho intramolecular Hbond substituents is 1. The highest BCUT2D eigenvalue weighted by molar-refractivity contribution is 5.94. The molecule has 4 unspecified atom stereocenters. The van der Waals surface area contributed by atoms with Gasteiger partial charge in [0, 0.05) is 12.8 Å². The summed E-state index contributed by atoms with van der Waals surface area (Å²) in [6.45, 7) is 5.74. The maximum Gasteiger partial charge on any atom is 0.326 e. The maximum absolute atomic E-state index is 13.5. The summed E-state index contributed by atoms with van der Waals surface area (Å²) in [5, 5.41) is 29.8. The molecule has 4 atom stereocenters. The minimum atomic E-state index is -1.29. The second-order valence-electron chi connectivity index (χ2n) is 10.7. The zero-order valence-electron chi connectivity index (χ0n) is 24.3. The Morgan fingerprint density at radius 2 is 1.29 bits per heavy atom. The van der Waals surface area contributed by atoms with Gasteiger partial charge in [-0.05, 0) is 42.0 Å². The van der Waals surface area contributed by atoms with Gasteiger partial charge in [0.15, 0.2) is 0 Å². The number of nitrogens with one attached hydrogen (secondary N) is 4. The number of benzene rings is 2. The zero-order chi connectivity index (χ0) is 31.1. The van der Waals surface area contributed by atoms with Gasteiger partial charge in [-0.2, -0.15) is 0 Å². The third-order valence-electron chi connectivity index (χ3n) is 6.68. The van der Waals surface area contributed by atoms with Crippen molar-refractivity contribution in [3.63, 3.8) is 0 Å². The molecule has 0 saturated carbocycles. The zero-order valence-corrected chi connectivity index (χ0v) is 24.3. The summed E-state index contributed by atoms with van der Waals surface area (Å²) in [7, 11) is 0. The highest BCUT2D eigenvalue weighted by Gasteiger charge is 2.31. The van der Waals surface area contributed by atoms with Crippen LogP contribution in [-0.2, 0) is 36.8 Å². The Balaban J connectivity index is 2.26. The van der Waals surface area contributed by atoms with E-state index in [1.165, 1.54) is 12.1 Å². The number of carbonyl (C=O) groups is 5. The number of aliphatic carboxylic acids is 1. The first kappa shape index (κ1) is 33.8. The average Bonchev–Trinajstić information content (AvgIpc) is 2.95. The normalized spacial score (nSPS) is 13.7. The van der Waals surface area contributed by atoms with Crippen LogP contribution in [0.2, 0.25) is 0 Å². The van der Waals surface area contributed by atoms with E-state index in [4.69, 9.17) is 0 Å². The van der Waals surface area contributed by atoms with Crippen molar-refractivity contribution in [1.29, 1.82) is 0 Å². The molecule has 0 spiro atoms. The summed E-state index contributed by atoms with van der Waals surface area (Å²) in [5.41, 5.74) is 1.33. The Hall–Kier alpha value is -4.41. The van der Waals surface area contributed by atoms with Crippen LogP contribution >= 0.6 is 0 Å². The molecule has 0 fully saturated rings. The number of hydrogen-bond donors (Lipinski definition) is 6. The van der Waals surface area contributed by atoms with Crippen LogP contribution < -0.4 is 21.3 Å². The summed E-state index contributed by atoms with van der Waals surface area (Å²) >= 11 is 0. The molecule has 228 valence electrons. The molecule has 6 N–H and O–H groups in total. The van der Waals surface area contributed by atoms with Crippen molar-refractivity contribution in [2.24, 2.45) is 5.92 Å². The van der Waals surface area contributed by atoms with Crippen molar-refractivity contribution in [1.82, 2.24) is 21.3 Å². The molecule has 11 nitrogen and oxygen atoms in total. The lowest BCUT2D eigenvalue weighted by Gasteiger charge is -2.26. The van der Waals surface area contributed by atoms with Gasteiger partial charge in [0.1, 0.15) is 29.9 Å². The molecule has 11 heteroatoms. The van der Waals surface area contributed by atoms with Crippen molar-refractivity contribution in [2.75, 3.05) is 0 Å². The number of aromatic hydroxyl groups is 1. The molecule has 0 bridgehead atoms. The van der Waals surface area contributed by atoms with Gasteiger partial charge in [-0.25, -0.2) is 4.79 Å². The fraction of sp³-hybridized carbons (Fsp3) is 0.452. The summed E-state index contributed by atoms with van der Waals surface area (Å²) in [6, 6.07) is 10.7. The van der Waals surface area contributed by atoms with E-state index in [1.807, 2.05) is 26.8 Å². The lowest BCUT2D eigenvalue weighted by molar-refractivity contribution is -0.142. The number of amides is 4. The molecule has 0 aliphatic rings. The number of hydrogen-bond acceptors (Lipinski definition) is 6. The minimum absolute atomic E-state index is 0.0114. The molecule has 0 radical (unpaired) electrons. The molecule has 42 heavy (non-hydrogen) atoms. The maximum atomic E-state index is 13.5. The van der Waals surface area contributed by atoms with Crippen LogP contribution in [0.15, 0.2) is 54.6 Å². The fourth-order valence-electron chi connectivity index (χ4n) is 4.43. The molecule has 2 aromatic carbocycles. The lowest BCUT2D eigenvalue weighted by Crippen LogP contribution is -2.58. The fourth-order valence-corrected chi connectivity index (χ4v) is 4.43. The van der Waals surface area contributed by atoms with Gasteiger partial charge in [-0.15, -0.1) is 0 Å². The summed E-state index contributed by atoms with van der Waals surface area (Å²) in [6.07, 6.45) is 2.70. The van der Waals surface area contributed by atoms with Crippen molar-refractivity contribution in [2.45, 2.75) is 83.5 Å². The van der Waals surface area contributed by atoms with Gasteiger partial charge in [-0.3, -0.25) is 19.2 Å². The summed E-state index contributed by atoms with van der Waals surface area (Å²) in [5.74, 6) is -3.01. The van der Waals surface area contributed by atoms with E-state index in [0.29, 0.717) is 24.8 Å². The number of carbonyl (C=O) groups excluding carboxylic acids is 4. The predicted octanol–water partition coefficient (Wildman–Crippen LogP) is 2.07. The number of phenols is 1. The van der Waals surface area contributed by atoms with E-state index < -0.39 is 47.9 Å². The molecule has 0 saturated heterocycles. The van der Waals surface area contributed by atoms with Crippen molar-refractivity contribution >= 4 is 30.1 Å². The van der Waals surface area contributed by atoms with Crippen LogP contribution in [0.1, 0.15) is 57.6 Å². The van der Waals surface area contributed by atoms with Gasteiger partial charge in [0.2, 0.25) is 24.1 Å². The van der Waals surface area contributed by atoms with Gasteiger partial charge in [0.25, 0.3) is 0 Å². The van der Waals surface area contributed by atoms with Crippen LogP contribution in [-0.4, -0.2) is 64.5 Å². The number of unbranched alkanes of at least 4 members (excludes halogenated alkanes) is 1. The van der Waals surface area contributed by atoms with E-state index in [9.17, 15) is 34.2 Å². The van der Waals surface area contributed by atoms with Gasteiger partial charge in [-0.1, -0.05) is 76.1 Å². The largest absolute Gasteiger partial charge is 0.508 e. The molecular weight excluding hydrogens is 540 g/mol. The molecule has 0 aliphatic carbocycles. The minimum Gasteiger partial charge on any atom is -0.508 e. The first-order valence-corrected chi connectivity index (χ1v) is 14.2. The van der Waals surface area contributed by atoms with Crippen molar-refractivity contribution in [3.05, 3.63) is 65.7 Å². The third-order valence-corrected chi connectivity index (χ3v) is 6.68. The summed E-state index contributed by atoms with van der Waals surface area (Å²) in [4.78, 5) is 63.1. The standard InChI is InChI=1S/C31H42N4O7/c1-4-5-11-24(32-19-36)28(38)33-25(16-20(2)3)29(39)34-26(17-21-9-7-6-8-10-21)30(40)35-27(31(41)42)18-22-12-14-23(37)15-13-22/h6-10,12-15,19-20,24-27,37H,4-5,11,16-18H2,1-3H3,(H,32,36)(H,33,38)(H,34,39)(H,35,40)(H,41,42). The van der Waals surface area contributed by atoms with Crippen molar-refractivity contribution in [3.8, 4) is 5.75 Å². The van der Waals surface area contributed by atoms with E-state index in [-0.39, 0.29) is 30.9 Å². The third kappa shape index (κ3) is 11.6. The Kier molecular flexibility index (Phi) is 14.0. The van der Waals surface area contributed by atoms with E-state index >= 15 is 0 Å². The topological polar surface area (TPSA) is 174 Å². The van der Waals surface area contributed by atoms with E-state index in [2.05, 4.69) is 21.3 Å². The molecule has 4 amide bonds. The number of carboxylic acid groups (broad SMARTS) is 1. The van der Waals surface area contributed by atoms with E-state index in [0.717, 1.165) is 12.0 Å². The lowest BCUT2D eigenvalue weighted by atomic mass is 9.99. The Labute approximate surface area is 246 Å². The number of rotatable bonds is 18. The molecular formula is C31H42N4O7. The van der Waals surface area contributed by atoms with Crippen LogP contribution in [0.4, 0.5) is 0 Å². The highest BCUT2D eigenvalue weighted by atomic mass is 16.4. The van der Waals surface area contributed by atoms with Crippen LogP contribution in [0.25, 0.3) is 0 Å².